The molecule has 1 aliphatic rings. The smallest absolute Gasteiger partial charge is 0.410 e. The molecule has 0 spiro atoms. The van der Waals surface area contributed by atoms with Gasteiger partial charge in [-0.15, -0.1) is 0 Å². The molecule has 1 fully saturated rings. The van der Waals surface area contributed by atoms with Gasteiger partial charge in [0, 0.05) is 19.2 Å². The number of carbonyl (C=O) groups is 1. The predicted molar refractivity (Wildman–Crippen MR) is 62.2 cm³/mol. The number of nitrogens with zero attached hydrogens (tertiary/aromatic N) is 1. The molecule has 0 aromatic carbocycles. The Morgan fingerprint density at radius 1 is 1.44 bits per heavy atom. The van der Waals surface area contributed by atoms with E-state index >= 15 is 0 Å². The second kappa shape index (κ2) is 5.04. The number of hydrogen-bond acceptors (Lipinski definition) is 3. The number of amides is 1. The van der Waals surface area contributed by atoms with Gasteiger partial charge in [-0.3, -0.25) is 0 Å². The molecule has 0 aromatic heterocycles. The molecule has 4 heteroatoms. The molecule has 4 nitrogen and oxygen atoms in total. The zero-order valence-electron chi connectivity index (χ0n) is 10.7. The normalized spacial score (nSPS) is 26.7. The molecule has 1 heterocycles. The molecule has 1 rings (SSSR count). The van der Waals surface area contributed by atoms with Crippen molar-refractivity contribution in [2.75, 3.05) is 13.2 Å². The Labute approximate surface area is 97.6 Å². The van der Waals surface area contributed by atoms with Crippen LogP contribution in [0.15, 0.2) is 0 Å². The third-order valence-corrected chi connectivity index (χ3v) is 2.87. The number of ether oxygens (including phenoxy) is 1. The highest BCUT2D eigenvalue weighted by molar-refractivity contribution is 5.68. The van der Waals surface area contributed by atoms with Crippen molar-refractivity contribution in [3.8, 4) is 0 Å². The van der Waals surface area contributed by atoms with E-state index in [-0.39, 0.29) is 24.7 Å². The van der Waals surface area contributed by atoms with Crippen molar-refractivity contribution in [3.63, 3.8) is 0 Å². The second-order valence-electron chi connectivity index (χ2n) is 5.61. The van der Waals surface area contributed by atoms with Gasteiger partial charge in [0.15, 0.2) is 0 Å². The van der Waals surface area contributed by atoms with Crippen LogP contribution >= 0.6 is 0 Å². The van der Waals surface area contributed by atoms with Gasteiger partial charge in [-0.2, -0.15) is 0 Å². The van der Waals surface area contributed by atoms with Crippen molar-refractivity contribution >= 4 is 6.09 Å². The number of aliphatic hydroxyl groups excluding tert-OH is 1. The minimum absolute atomic E-state index is 0.145. The summed E-state index contributed by atoms with van der Waals surface area (Å²) in [5.74, 6) is 0.198. The van der Waals surface area contributed by atoms with Crippen molar-refractivity contribution in [3.05, 3.63) is 0 Å². The van der Waals surface area contributed by atoms with Gasteiger partial charge in [-0.05, 0) is 46.5 Å². The van der Waals surface area contributed by atoms with Crippen LogP contribution in [-0.2, 0) is 4.74 Å². The van der Waals surface area contributed by atoms with Gasteiger partial charge in [0.2, 0.25) is 0 Å². The SMILES string of the molecule is C[C@@H]1CC[C@@H](CO)CN1C(=O)OC(C)(C)C. The van der Waals surface area contributed by atoms with E-state index in [0.717, 1.165) is 12.8 Å². The van der Waals surface area contributed by atoms with Crippen LogP contribution in [0.4, 0.5) is 4.79 Å². The molecule has 0 bridgehead atoms. The number of hydrogen-bond donors (Lipinski definition) is 1. The molecule has 0 saturated carbocycles. The van der Waals surface area contributed by atoms with Crippen molar-refractivity contribution in [1.82, 2.24) is 4.90 Å². The van der Waals surface area contributed by atoms with Crippen LogP contribution in [0.3, 0.4) is 0 Å². The molecule has 94 valence electrons. The van der Waals surface area contributed by atoms with Crippen LogP contribution in [0.1, 0.15) is 40.5 Å². The molecule has 1 amide bonds. The molecule has 1 N–H and O–H groups in total. The van der Waals surface area contributed by atoms with Crippen molar-refractivity contribution < 1.29 is 14.6 Å². The molecule has 2 atom stereocenters. The Morgan fingerprint density at radius 3 is 2.56 bits per heavy atom. The number of rotatable bonds is 1. The molecule has 0 aliphatic carbocycles. The Hall–Kier alpha value is -0.770. The molecule has 0 radical (unpaired) electrons. The fourth-order valence-corrected chi connectivity index (χ4v) is 1.91. The van der Waals surface area contributed by atoms with Gasteiger partial charge in [0.05, 0.1) is 0 Å². The van der Waals surface area contributed by atoms with Crippen LogP contribution in [0.2, 0.25) is 0 Å². The molecule has 0 unspecified atom stereocenters. The summed E-state index contributed by atoms with van der Waals surface area (Å²) in [4.78, 5) is 13.6. The monoisotopic (exact) mass is 229 g/mol. The predicted octanol–water partition coefficient (Wildman–Crippen LogP) is 2.01. The number of piperidine rings is 1. The summed E-state index contributed by atoms with van der Waals surface area (Å²) in [6, 6.07) is 0.206. The lowest BCUT2D eigenvalue weighted by molar-refractivity contribution is 0.00115. The summed E-state index contributed by atoms with van der Waals surface area (Å²) in [5.41, 5.74) is -0.455. The molecular formula is C12H23NO3. The quantitative estimate of drug-likeness (QED) is 0.748. The van der Waals surface area contributed by atoms with Gasteiger partial charge in [0.25, 0.3) is 0 Å². The van der Waals surface area contributed by atoms with Crippen LogP contribution in [-0.4, -0.2) is 40.9 Å². The van der Waals surface area contributed by atoms with Crippen molar-refractivity contribution in [1.29, 1.82) is 0 Å². The number of carbonyl (C=O) groups excluding carboxylic acids is 1. The van der Waals surface area contributed by atoms with Crippen molar-refractivity contribution in [2.24, 2.45) is 5.92 Å². The first-order chi connectivity index (χ1) is 7.33. The minimum atomic E-state index is -0.455. The maximum Gasteiger partial charge on any atom is 0.410 e. The lowest BCUT2D eigenvalue weighted by Crippen LogP contribution is -2.48. The van der Waals surface area contributed by atoms with E-state index in [0.29, 0.717) is 6.54 Å². The first-order valence-electron chi connectivity index (χ1n) is 5.94. The Balaban J connectivity index is 2.59. The average molecular weight is 229 g/mol. The van der Waals surface area contributed by atoms with E-state index in [1.54, 1.807) is 4.90 Å². The van der Waals surface area contributed by atoms with E-state index < -0.39 is 5.60 Å². The summed E-state index contributed by atoms with van der Waals surface area (Å²) in [6.45, 7) is 8.37. The van der Waals surface area contributed by atoms with Gasteiger partial charge in [0.1, 0.15) is 5.60 Å². The molecule has 0 aromatic rings. The topological polar surface area (TPSA) is 49.8 Å². The standard InChI is InChI=1S/C12H23NO3/c1-9-5-6-10(8-14)7-13(9)11(15)16-12(2,3)4/h9-10,14H,5-8H2,1-4H3/t9-,10-/m1/s1. The highest BCUT2D eigenvalue weighted by Gasteiger charge is 2.31. The minimum Gasteiger partial charge on any atom is -0.444 e. The van der Waals surface area contributed by atoms with Gasteiger partial charge >= 0.3 is 6.09 Å². The molecular weight excluding hydrogens is 206 g/mol. The van der Waals surface area contributed by atoms with Crippen LogP contribution in [0.5, 0.6) is 0 Å². The lowest BCUT2D eigenvalue weighted by Gasteiger charge is -2.38. The van der Waals surface area contributed by atoms with Gasteiger partial charge in [-0.1, -0.05) is 0 Å². The first-order valence-corrected chi connectivity index (χ1v) is 5.94. The summed E-state index contributed by atoms with van der Waals surface area (Å²) in [7, 11) is 0. The summed E-state index contributed by atoms with van der Waals surface area (Å²) in [6.07, 6.45) is 1.65. The van der Waals surface area contributed by atoms with Gasteiger partial charge < -0.3 is 14.7 Å². The zero-order chi connectivity index (χ0) is 12.3. The fraction of sp³-hybridized carbons (Fsp3) is 0.917. The maximum absolute atomic E-state index is 11.9. The van der Waals surface area contributed by atoms with E-state index in [1.165, 1.54) is 0 Å². The molecule has 16 heavy (non-hydrogen) atoms. The maximum atomic E-state index is 11.9. The second-order valence-corrected chi connectivity index (χ2v) is 5.61. The highest BCUT2D eigenvalue weighted by Crippen LogP contribution is 2.23. The van der Waals surface area contributed by atoms with Crippen LogP contribution < -0.4 is 0 Å². The highest BCUT2D eigenvalue weighted by atomic mass is 16.6. The summed E-state index contributed by atoms with van der Waals surface area (Å²) in [5, 5.41) is 9.13. The number of likely N-dealkylation sites (tertiary alicyclic amines) is 1. The van der Waals surface area contributed by atoms with E-state index in [9.17, 15) is 4.79 Å². The summed E-state index contributed by atoms with van der Waals surface area (Å²) < 4.78 is 5.35. The first kappa shape index (κ1) is 13.3. The largest absolute Gasteiger partial charge is 0.444 e. The van der Waals surface area contributed by atoms with E-state index in [4.69, 9.17) is 9.84 Å². The zero-order valence-corrected chi connectivity index (χ0v) is 10.7. The Morgan fingerprint density at radius 2 is 2.06 bits per heavy atom. The Bertz CT molecular complexity index is 247. The Kier molecular flexibility index (Phi) is 4.19. The van der Waals surface area contributed by atoms with E-state index in [2.05, 4.69) is 0 Å². The lowest BCUT2D eigenvalue weighted by atomic mass is 9.94. The van der Waals surface area contributed by atoms with Crippen molar-refractivity contribution in [2.45, 2.75) is 52.2 Å². The fourth-order valence-electron chi connectivity index (χ4n) is 1.91. The third kappa shape index (κ3) is 3.67. The molecule has 1 aliphatic heterocycles. The average Bonchev–Trinajstić information content (AvgIpc) is 2.15. The van der Waals surface area contributed by atoms with E-state index in [1.807, 2.05) is 27.7 Å². The van der Waals surface area contributed by atoms with Crippen LogP contribution in [0, 0.1) is 5.92 Å². The third-order valence-electron chi connectivity index (χ3n) is 2.87. The van der Waals surface area contributed by atoms with Gasteiger partial charge in [-0.25, -0.2) is 4.79 Å². The number of aliphatic hydroxyl groups is 1. The molecule has 1 saturated heterocycles. The van der Waals surface area contributed by atoms with Crippen LogP contribution in [0.25, 0.3) is 0 Å². The summed E-state index contributed by atoms with van der Waals surface area (Å²) >= 11 is 0.